The van der Waals surface area contributed by atoms with Crippen LogP contribution in [0, 0.1) is 0 Å². The Balaban J connectivity index is 2.05. The zero-order valence-corrected chi connectivity index (χ0v) is 8.64. The average molecular weight is 206 g/mol. The van der Waals surface area contributed by atoms with Gasteiger partial charge in [-0.1, -0.05) is 17.3 Å². The number of methoxy groups -OCH3 is 1. The Kier molecular flexibility index (Phi) is 2.87. The maximum Gasteiger partial charge on any atom is 0.157 e. The molecule has 1 atom stereocenters. The fraction of sp³-hybridized carbons (Fsp3) is 0.364. The molecule has 15 heavy (non-hydrogen) atoms. The van der Waals surface area contributed by atoms with Crippen LogP contribution in [0.5, 0.6) is 5.75 Å². The number of rotatable bonds is 3. The molecule has 0 saturated carbocycles. The van der Waals surface area contributed by atoms with Gasteiger partial charge in [0.05, 0.1) is 12.8 Å². The fourth-order valence-corrected chi connectivity index (χ4v) is 1.54. The average Bonchev–Trinajstić information content (AvgIpc) is 2.78. The number of benzene rings is 1. The Labute approximate surface area is 88.7 Å². The molecule has 2 rings (SSSR count). The first-order valence-corrected chi connectivity index (χ1v) is 4.89. The van der Waals surface area contributed by atoms with Gasteiger partial charge >= 0.3 is 0 Å². The number of hydrogen-bond acceptors (Lipinski definition) is 4. The van der Waals surface area contributed by atoms with Crippen LogP contribution in [0.15, 0.2) is 29.4 Å². The molecular formula is C11H14N2O2. The van der Waals surface area contributed by atoms with Gasteiger partial charge < -0.3 is 15.3 Å². The minimum atomic E-state index is 0.00876. The van der Waals surface area contributed by atoms with E-state index in [1.54, 1.807) is 7.11 Å². The normalized spacial score (nSPS) is 19.6. The zero-order valence-electron chi connectivity index (χ0n) is 8.64. The molecule has 0 aromatic heterocycles. The lowest BCUT2D eigenvalue weighted by Gasteiger charge is -2.08. The molecule has 0 fully saturated rings. The van der Waals surface area contributed by atoms with Crippen LogP contribution in [0.2, 0.25) is 0 Å². The first kappa shape index (κ1) is 9.98. The van der Waals surface area contributed by atoms with E-state index in [0.29, 0.717) is 6.54 Å². The molecule has 0 bridgehead atoms. The van der Waals surface area contributed by atoms with Crippen molar-refractivity contribution in [2.24, 2.45) is 10.9 Å². The highest BCUT2D eigenvalue weighted by atomic mass is 16.6. The number of oxime groups is 1. The predicted octanol–water partition coefficient (Wildman–Crippen LogP) is 1.47. The van der Waals surface area contributed by atoms with Crippen molar-refractivity contribution in [1.29, 1.82) is 0 Å². The monoisotopic (exact) mass is 206 g/mol. The van der Waals surface area contributed by atoms with Gasteiger partial charge in [-0.25, -0.2) is 0 Å². The van der Waals surface area contributed by atoms with Crippen molar-refractivity contribution in [2.75, 3.05) is 13.7 Å². The summed E-state index contributed by atoms with van der Waals surface area (Å²) in [5, 5.41) is 3.91. The standard InChI is InChI=1S/C11H14N2O2/c1-14-10-4-2-8(3-5-10)11-6-9(7-12)13-15-11/h2-5,11H,6-7,12H2,1H3. The second kappa shape index (κ2) is 4.31. The summed E-state index contributed by atoms with van der Waals surface area (Å²) in [5.41, 5.74) is 7.50. The summed E-state index contributed by atoms with van der Waals surface area (Å²) < 4.78 is 5.08. The third-order valence-corrected chi connectivity index (χ3v) is 2.45. The van der Waals surface area contributed by atoms with Crippen LogP contribution in [0.25, 0.3) is 0 Å². The molecular weight excluding hydrogens is 192 g/mol. The molecule has 1 heterocycles. The third-order valence-electron chi connectivity index (χ3n) is 2.45. The van der Waals surface area contributed by atoms with E-state index in [0.717, 1.165) is 23.4 Å². The van der Waals surface area contributed by atoms with Crippen LogP contribution in [0.4, 0.5) is 0 Å². The van der Waals surface area contributed by atoms with Gasteiger partial charge in [0.2, 0.25) is 0 Å². The Bertz CT molecular complexity index is 359. The molecule has 1 aromatic carbocycles. The van der Waals surface area contributed by atoms with Gasteiger partial charge in [0.15, 0.2) is 6.10 Å². The van der Waals surface area contributed by atoms with Crippen molar-refractivity contribution in [3.63, 3.8) is 0 Å². The van der Waals surface area contributed by atoms with E-state index in [1.807, 2.05) is 24.3 Å². The fourth-order valence-electron chi connectivity index (χ4n) is 1.54. The van der Waals surface area contributed by atoms with Gasteiger partial charge in [-0.2, -0.15) is 0 Å². The van der Waals surface area contributed by atoms with Crippen molar-refractivity contribution in [1.82, 2.24) is 0 Å². The van der Waals surface area contributed by atoms with Crippen molar-refractivity contribution >= 4 is 5.71 Å². The molecule has 2 N–H and O–H groups in total. The highest BCUT2D eigenvalue weighted by Gasteiger charge is 2.21. The Morgan fingerprint density at radius 1 is 1.47 bits per heavy atom. The number of ether oxygens (including phenoxy) is 1. The van der Waals surface area contributed by atoms with Crippen LogP contribution in [0.3, 0.4) is 0 Å². The largest absolute Gasteiger partial charge is 0.497 e. The number of hydrogen-bond donors (Lipinski definition) is 1. The van der Waals surface area contributed by atoms with Gasteiger partial charge in [0.1, 0.15) is 5.75 Å². The van der Waals surface area contributed by atoms with Crippen LogP contribution < -0.4 is 10.5 Å². The predicted molar refractivity (Wildman–Crippen MR) is 57.9 cm³/mol. The van der Waals surface area contributed by atoms with Crippen molar-refractivity contribution in [3.05, 3.63) is 29.8 Å². The highest BCUT2D eigenvalue weighted by Crippen LogP contribution is 2.27. The van der Waals surface area contributed by atoms with E-state index >= 15 is 0 Å². The third kappa shape index (κ3) is 2.10. The van der Waals surface area contributed by atoms with Gasteiger partial charge in [0.25, 0.3) is 0 Å². The molecule has 4 nitrogen and oxygen atoms in total. The van der Waals surface area contributed by atoms with Gasteiger partial charge in [-0.15, -0.1) is 0 Å². The lowest BCUT2D eigenvalue weighted by Crippen LogP contribution is -2.12. The highest BCUT2D eigenvalue weighted by molar-refractivity contribution is 5.87. The van der Waals surface area contributed by atoms with Crippen molar-refractivity contribution in [3.8, 4) is 5.75 Å². The van der Waals surface area contributed by atoms with Gasteiger partial charge in [-0.05, 0) is 17.7 Å². The van der Waals surface area contributed by atoms with E-state index in [1.165, 1.54) is 0 Å². The van der Waals surface area contributed by atoms with Crippen molar-refractivity contribution < 1.29 is 9.57 Å². The molecule has 1 unspecified atom stereocenters. The second-order valence-electron chi connectivity index (χ2n) is 3.43. The van der Waals surface area contributed by atoms with E-state index in [-0.39, 0.29) is 6.10 Å². The molecule has 0 aliphatic carbocycles. The van der Waals surface area contributed by atoms with E-state index in [9.17, 15) is 0 Å². The molecule has 0 saturated heterocycles. The maximum atomic E-state index is 5.49. The summed E-state index contributed by atoms with van der Waals surface area (Å²) in [6.07, 6.45) is 0.789. The SMILES string of the molecule is COc1ccc(C2CC(CN)=NO2)cc1. The zero-order chi connectivity index (χ0) is 10.7. The first-order chi connectivity index (χ1) is 7.33. The molecule has 0 amide bonds. The Morgan fingerprint density at radius 3 is 2.73 bits per heavy atom. The minimum absolute atomic E-state index is 0.00876. The van der Waals surface area contributed by atoms with E-state index in [4.69, 9.17) is 15.3 Å². The summed E-state index contributed by atoms with van der Waals surface area (Å²) >= 11 is 0. The first-order valence-electron chi connectivity index (χ1n) is 4.89. The minimum Gasteiger partial charge on any atom is -0.497 e. The van der Waals surface area contributed by atoms with Gasteiger partial charge in [-0.3, -0.25) is 0 Å². The lowest BCUT2D eigenvalue weighted by molar-refractivity contribution is 0.0857. The summed E-state index contributed by atoms with van der Waals surface area (Å²) in [4.78, 5) is 5.28. The van der Waals surface area contributed by atoms with E-state index in [2.05, 4.69) is 5.16 Å². The number of nitrogens with two attached hydrogens (primary N) is 1. The summed E-state index contributed by atoms with van der Waals surface area (Å²) in [5.74, 6) is 0.844. The van der Waals surface area contributed by atoms with E-state index < -0.39 is 0 Å². The molecule has 1 aliphatic rings. The molecule has 80 valence electrons. The lowest BCUT2D eigenvalue weighted by atomic mass is 10.0. The summed E-state index contributed by atoms with van der Waals surface area (Å²) in [6, 6.07) is 7.80. The second-order valence-corrected chi connectivity index (χ2v) is 3.43. The van der Waals surface area contributed by atoms with Crippen LogP contribution in [0.1, 0.15) is 18.1 Å². The molecule has 1 aliphatic heterocycles. The summed E-state index contributed by atoms with van der Waals surface area (Å²) in [6.45, 7) is 0.465. The summed E-state index contributed by atoms with van der Waals surface area (Å²) in [7, 11) is 1.65. The number of nitrogens with zero attached hydrogens (tertiary/aromatic N) is 1. The van der Waals surface area contributed by atoms with Crippen LogP contribution >= 0.6 is 0 Å². The molecule has 1 aromatic rings. The van der Waals surface area contributed by atoms with Crippen LogP contribution in [-0.2, 0) is 4.84 Å². The van der Waals surface area contributed by atoms with Crippen molar-refractivity contribution in [2.45, 2.75) is 12.5 Å². The Hall–Kier alpha value is -1.55. The smallest absolute Gasteiger partial charge is 0.157 e. The maximum absolute atomic E-state index is 5.49. The van der Waals surface area contributed by atoms with Gasteiger partial charge in [0, 0.05) is 13.0 Å². The van der Waals surface area contributed by atoms with Crippen LogP contribution in [-0.4, -0.2) is 19.4 Å². The quantitative estimate of drug-likeness (QED) is 0.814. The molecule has 0 spiro atoms. The molecule has 4 heteroatoms. The topological polar surface area (TPSA) is 56.8 Å². The Morgan fingerprint density at radius 2 is 2.20 bits per heavy atom. The molecule has 0 radical (unpaired) electrons.